The number of likely N-dealkylation sites (tertiary alicyclic amines) is 1. The first-order valence-electron chi connectivity index (χ1n) is 11.9. The van der Waals surface area contributed by atoms with Crippen LogP contribution in [0.2, 0.25) is 0 Å². The lowest BCUT2D eigenvalue weighted by Crippen LogP contribution is -2.43. The Kier molecular flexibility index (Phi) is 9.52. The quantitative estimate of drug-likeness (QED) is 0.128. The minimum absolute atomic E-state index is 0.0404. The zero-order chi connectivity index (χ0) is 26.1. The maximum atomic E-state index is 12.9. The van der Waals surface area contributed by atoms with E-state index in [1.54, 1.807) is 67.5 Å². The van der Waals surface area contributed by atoms with E-state index in [1.807, 2.05) is 0 Å². The molecule has 1 saturated heterocycles. The number of ketones is 1. The van der Waals surface area contributed by atoms with Crippen LogP contribution in [0.5, 0.6) is 0 Å². The lowest BCUT2D eigenvalue weighted by molar-refractivity contribution is -0.157. The third-order valence-corrected chi connectivity index (χ3v) is 6.20. The highest BCUT2D eigenvalue weighted by Crippen LogP contribution is 2.20. The van der Waals surface area contributed by atoms with Crippen molar-refractivity contribution in [3.63, 3.8) is 0 Å². The molecular formula is C26H32N4O6. The number of carbonyl (C=O) groups excluding carboxylic acids is 3. The van der Waals surface area contributed by atoms with Crippen molar-refractivity contribution in [1.82, 2.24) is 9.88 Å². The number of amidine groups is 1. The van der Waals surface area contributed by atoms with Crippen LogP contribution in [0.1, 0.15) is 60.7 Å². The van der Waals surface area contributed by atoms with Gasteiger partial charge in [0.2, 0.25) is 5.91 Å². The summed E-state index contributed by atoms with van der Waals surface area (Å²) in [5.41, 5.74) is 7.36. The molecule has 10 nitrogen and oxygen atoms in total. The van der Waals surface area contributed by atoms with E-state index < -0.39 is 18.0 Å². The second-order valence-corrected chi connectivity index (χ2v) is 8.84. The van der Waals surface area contributed by atoms with Crippen molar-refractivity contribution < 1.29 is 29.1 Å². The molecule has 1 aromatic carbocycles. The van der Waals surface area contributed by atoms with Gasteiger partial charge in [-0.2, -0.15) is 0 Å². The van der Waals surface area contributed by atoms with Gasteiger partial charge in [-0.05, 0) is 37.5 Å². The molecule has 3 N–H and O–H groups in total. The number of Topliss-reactive ketones (excluding diaryl/α,β-unsaturated/α-hetero) is 1. The number of pyridine rings is 1. The Morgan fingerprint density at radius 1 is 1.08 bits per heavy atom. The van der Waals surface area contributed by atoms with Crippen molar-refractivity contribution in [2.75, 3.05) is 19.7 Å². The number of rotatable bonds is 10. The Morgan fingerprint density at radius 3 is 2.31 bits per heavy atom. The van der Waals surface area contributed by atoms with Gasteiger partial charge in [0.25, 0.3) is 0 Å². The topological polar surface area (TPSA) is 144 Å². The average molecular weight is 497 g/mol. The molecule has 0 unspecified atom stereocenters. The molecular weight excluding hydrogens is 464 g/mol. The number of hydrogen-bond acceptors (Lipinski definition) is 8. The first-order chi connectivity index (χ1) is 17.3. The van der Waals surface area contributed by atoms with Gasteiger partial charge in [-0.1, -0.05) is 36.3 Å². The van der Waals surface area contributed by atoms with Crippen LogP contribution in [-0.2, 0) is 19.1 Å². The van der Waals surface area contributed by atoms with Gasteiger partial charge in [0.05, 0.1) is 6.10 Å². The number of nitrogens with two attached hydrogens (primary N) is 1. The summed E-state index contributed by atoms with van der Waals surface area (Å²) in [6.45, 7) is 4.39. The lowest BCUT2D eigenvalue weighted by atomic mass is 9.96. The zero-order valence-electron chi connectivity index (χ0n) is 20.5. The Hall–Kier alpha value is -3.79. The number of oxime groups is 1. The van der Waals surface area contributed by atoms with Crippen LogP contribution >= 0.6 is 0 Å². The highest BCUT2D eigenvalue weighted by molar-refractivity contribution is 6.01. The van der Waals surface area contributed by atoms with Gasteiger partial charge in [0, 0.05) is 48.9 Å². The summed E-state index contributed by atoms with van der Waals surface area (Å²) in [6, 6.07) is 9.96. The van der Waals surface area contributed by atoms with Gasteiger partial charge < -0.3 is 25.3 Å². The molecule has 2 atom stereocenters. The van der Waals surface area contributed by atoms with Crippen molar-refractivity contribution >= 4 is 23.5 Å². The number of aromatic nitrogens is 1. The van der Waals surface area contributed by atoms with Crippen molar-refractivity contribution in [1.29, 1.82) is 0 Å². The number of carbonyl (C=O) groups is 3. The molecule has 0 bridgehead atoms. The first-order valence-corrected chi connectivity index (χ1v) is 11.9. The van der Waals surface area contributed by atoms with Crippen molar-refractivity contribution in [3.8, 4) is 0 Å². The Morgan fingerprint density at radius 2 is 1.69 bits per heavy atom. The van der Waals surface area contributed by atoms with E-state index in [9.17, 15) is 14.4 Å². The van der Waals surface area contributed by atoms with Gasteiger partial charge in [-0.25, -0.2) is 4.79 Å². The lowest BCUT2D eigenvalue weighted by Gasteiger charge is -2.33. The van der Waals surface area contributed by atoms with E-state index in [4.69, 9.17) is 20.4 Å². The maximum absolute atomic E-state index is 12.9. The average Bonchev–Trinajstić information content (AvgIpc) is 2.91. The van der Waals surface area contributed by atoms with Crippen LogP contribution < -0.4 is 5.73 Å². The van der Waals surface area contributed by atoms with Gasteiger partial charge in [-0.3, -0.25) is 14.6 Å². The molecule has 1 aliphatic heterocycles. The van der Waals surface area contributed by atoms with Crippen molar-refractivity contribution in [3.05, 3.63) is 65.5 Å². The van der Waals surface area contributed by atoms with Gasteiger partial charge >= 0.3 is 5.97 Å². The van der Waals surface area contributed by atoms with E-state index in [0.717, 1.165) is 5.56 Å². The summed E-state index contributed by atoms with van der Waals surface area (Å²) in [6.07, 6.45) is 4.06. The second-order valence-electron chi connectivity index (χ2n) is 8.84. The minimum atomic E-state index is -0.469. The molecule has 2 aromatic rings. The first kappa shape index (κ1) is 26.8. The van der Waals surface area contributed by atoms with Crippen molar-refractivity contribution in [2.24, 2.45) is 16.8 Å². The number of benzene rings is 1. The highest BCUT2D eigenvalue weighted by Gasteiger charge is 2.28. The second kappa shape index (κ2) is 12.8. The molecule has 1 fully saturated rings. The molecule has 36 heavy (non-hydrogen) atoms. The highest BCUT2D eigenvalue weighted by atomic mass is 16.6. The molecule has 1 aromatic heterocycles. The number of esters is 1. The number of ether oxygens (including phenoxy) is 2. The molecule has 192 valence electrons. The summed E-state index contributed by atoms with van der Waals surface area (Å²) in [5.74, 6) is -1.19. The largest absolute Gasteiger partial charge is 0.456 e. The van der Waals surface area contributed by atoms with E-state index in [2.05, 4.69) is 10.1 Å². The molecule has 0 saturated carbocycles. The van der Waals surface area contributed by atoms with Gasteiger partial charge in [0.1, 0.15) is 12.7 Å². The van der Waals surface area contributed by atoms with E-state index >= 15 is 0 Å². The van der Waals surface area contributed by atoms with Crippen LogP contribution in [0, 0.1) is 5.92 Å². The Labute approximate surface area is 210 Å². The molecule has 10 heteroatoms. The van der Waals surface area contributed by atoms with Crippen LogP contribution in [0.3, 0.4) is 0 Å². The fraction of sp³-hybridized carbons (Fsp3) is 0.423. The summed E-state index contributed by atoms with van der Waals surface area (Å²) in [5, 5.41) is 11.7. The molecule has 1 amide bonds. The normalized spacial score (nSPS) is 16.3. The van der Waals surface area contributed by atoms with Crippen molar-refractivity contribution in [2.45, 2.75) is 45.3 Å². The maximum Gasteiger partial charge on any atom is 0.332 e. The smallest absolute Gasteiger partial charge is 0.332 e. The Bertz CT molecular complexity index is 1070. The fourth-order valence-corrected chi connectivity index (χ4v) is 4.04. The SMILES string of the molecule is C[C@H](CC(=O)c1ccc(/C(N)=N/O)cc1)C(=O)N1CCC(OCC(=O)O[C@H](C)c2ccncc2)CC1. The summed E-state index contributed by atoms with van der Waals surface area (Å²) in [7, 11) is 0. The third-order valence-electron chi connectivity index (χ3n) is 6.20. The molecule has 1 aliphatic rings. The van der Waals surface area contributed by atoms with Crippen LogP contribution in [-0.4, -0.2) is 64.4 Å². The van der Waals surface area contributed by atoms with Crippen LogP contribution in [0.15, 0.2) is 53.9 Å². The van der Waals surface area contributed by atoms with E-state index in [1.165, 1.54) is 0 Å². The van der Waals surface area contributed by atoms with Gasteiger partial charge in [0.15, 0.2) is 11.6 Å². The number of piperidine rings is 1. The summed E-state index contributed by atoms with van der Waals surface area (Å²) >= 11 is 0. The third kappa shape index (κ3) is 7.35. The Balaban J connectivity index is 1.39. The van der Waals surface area contributed by atoms with Crippen LogP contribution in [0.4, 0.5) is 0 Å². The minimum Gasteiger partial charge on any atom is -0.456 e. The van der Waals surface area contributed by atoms with Crippen LogP contribution in [0.25, 0.3) is 0 Å². The van der Waals surface area contributed by atoms with Gasteiger partial charge in [-0.15, -0.1) is 0 Å². The summed E-state index contributed by atoms with van der Waals surface area (Å²) < 4.78 is 11.1. The number of hydrogen-bond donors (Lipinski definition) is 2. The molecule has 3 rings (SSSR count). The molecule has 0 radical (unpaired) electrons. The standard InChI is InChI=1S/C26H32N4O6/c1-17(15-23(31)20-3-5-21(6-4-20)25(27)29-34)26(33)30-13-9-22(10-14-30)35-16-24(32)36-18(2)19-7-11-28-12-8-19/h3-8,11-12,17-18,22,34H,9-10,13-16H2,1-2H3,(H2,27,29)/t17-,18-/m1/s1. The number of amides is 1. The predicted molar refractivity (Wildman–Crippen MR) is 131 cm³/mol. The molecule has 0 spiro atoms. The van der Waals surface area contributed by atoms with E-state index in [0.29, 0.717) is 37.1 Å². The molecule has 0 aliphatic carbocycles. The summed E-state index contributed by atoms with van der Waals surface area (Å²) in [4.78, 5) is 43.3. The monoisotopic (exact) mass is 496 g/mol. The zero-order valence-corrected chi connectivity index (χ0v) is 20.5. The molecule has 2 heterocycles. The fourth-order valence-electron chi connectivity index (χ4n) is 4.04. The number of nitrogens with zero attached hydrogens (tertiary/aromatic N) is 3. The van der Waals surface area contributed by atoms with E-state index in [-0.39, 0.29) is 36.7 Å². The predicted octanol–water partition coefficient (Wildman–Crippen LogP) is 2.70.